The number of hydrogen-bond donors (Lipinski definition) is 2. The summed E-state index contributed by atoms with van der Waals surface area (Å²) < 4.78 is 0. The maximum Gasteiger partial charge on any atom is 0.0766 e. The van der Waals surface area contributed by atoms with Crippen molar-refractivity contribution in [1.29, 1.82) is 0 Å². The monoisotopic (exact) mass is 227 g/mol. The summed E-state index contributed by atoms with van der Waals surface area (Å²) in [5, 5.41) is 13.8. The molecule has 0 radical (unpaired) electrons. The van der Waals surface area contributed by atoms with E-state index >= 15 is 0 Å². The van der Waals surface area contributed by atoms with E-state index in [1.807, 2.05) is 0 Å². The largest absolute Gasteiger partial charge is 0.389 e. The van der Waals surface area contributed by atoms with Gasteiger partial charge >= 0.3 is 0 Å². The third-order valence-corrected chi connectivity index (χ3v) is 4.43. The van der Waals surface area contributed by atoms with Gasteiger partial charge in [-0.1, -0.05) is 33.1 Å². The molecule has 0 saturated heterocycles. The molecule has 2 nitrogen and oxygen atoms in total. The second-order valence-corrected chi connectivity index (χ2v) is 5.50. The van der Waals surface area contributed by atoms with Crippen LogP contribution in [-0.4, -0.2) is 23.3 Å². The lowest BCUT2D eigenvalue weighted by Gasteiger charge is -2.32. The quantitative estimate of drug-likeness (QED) is 0.731. The lowest BCUT2D eigenvalue weighted by atomic mass is 9.84. The Hall–Kier alpha value is -0.0800. The number of aliphatic hydroxyl groups is 1. The molecule has 0 bridgehead atoms. The van der Waals surface area contributed by atoms with Crippen LogP contribution in [0.2, 0.25) is 0 Å². The molecule has 0 amide bonds. The number of hydrogen-bond acceptors (Lipinski definition) is 2. The molecule has 0 aromatic heterocycles. The molecule has 0 spiro atoms. The van der Waals surface area contributed by atoms with Gasteiger partial charge in [0.15, 0.2) is 0 Å². The summed E-state index contributed by atoms with van der Waals surface area (Å²) in [5.74, 6) is 0.826. The zero-order chi connectivity index (χ0) is 12.0. The van der Waals surface area contributed by atoms with E-state index in [1.165, 1.54) is 32.1 Å². The lowest BCUT2D eigenvalue weighted by Crippen LogP contribution is -2.45. The fourth-order valence-corrected chi connectivity index (χ4v) is 2.65. The maximum absolute atomic E-state index is 10.2. The molecular formula is C14H29NO. The Labute approximate surface area is 101 Å². The smallest absolute Gasteiger partial charge is 0.0766 e. The molecule has 1 aliphatic rings. The first-order chi connectivity index (χ1) is 7.61. The minimum Gasteiger partial charge on any atom is -0.389 e. The summed E-state index contributed by atoms with van der Waals surface area (Å²) in [6, 6.07) is 0.560. The van der Waals surface area contributed by atoms with E-state index in [4.69, 9.17) is 0 Å². The summed E-state index contributed by atoms with van der Waals surface area (Å²) in [4.78, 5) is 0. The molecule has 1 fully saturated rings. The van der Waals surface area contributed by atoms with E-state index in [2.05, 4.69) is 26.1 Å². The molecule has 2 heteroatoms. The van der Waals surface area contributed by atoms with Crippen LogP contribution < -0.4 is 5.32 Å². The number of rotatable bonds is 6. The van der Waals surface area contributed by atoms with Crippen molar-refractivity contribution in [1.82, 2.24) is 5.32 Å². The van der Waals surface area contributed by atoms with Crippen LogP contribution in [0.15, 0.2) is 0 Å². The number of nitrogens with one attached hydrogen (secondary N) is 1. The highest BCUT2D eigenvalue weighted by molar-refractivity contribution is 4.82. The SMILES string of the molecule is CCC(O)(CC)CN[C@@H](C)C1CCCCC1. The van der Waals surface area contributed by atoms with Crippen LogP contribution in [0.1, 0.15) is 65.7 Å². The fraction of sp³-hybridized carbons (Fsp3) is 1.00. The molecule has 1 saturated carbocycles. The van der Waals surface area contributed by atoms with Crippen LogP contribution in [0.4, 0.5) is 0 Å². The Balaban J connectivity index is 2.30. The Bertz CT molecular complexity index is 183. The molecule has 96 valence electrons. The summed E-state index contributed by atoms with van der Waals surface area (Å²) in [6.45, 7) is 7.16. The molecule has 0 aromatic rings. The van der Waals surface area contributed by atoms with Gasteiger partial charge in [0.1, 0.15) is 0 Å². The third kappa shape index (κ3) is 4.06. The Morgan fingerprint density at radius 3 is 2.25 bits per heavy atom. The van der Waals surface area contributed by atoms with Gasteiger partial charge in [-0.05, 0) is 38.5 Å². The van der Waals surface area contributed by atoms with Gasteiger partial charge in [0, 0.05) is 12.6 Å². The fourth-order valence-electron chi connectivity index (χ4n) is 2.65. The van der Waals surface area contributed by atoms with Crippen molar-refractivity contribution >= 4 is 0 Å². The van der Waals surface area contributed by atoms with Crippen LogP contribution in [-0.2, 0) is 0 Å². The predicted octanol–water partition coefficient (Wildman–Crippen LogP) is 3.10. The van der Waals surface area contributed by atoms with Crippen molar-refractivity contribution in [3.63, 3.8) is 0 Å². The average molecular weight is 227 g/mol. The van der Waals surface area contributed by atoms with Crippen molar-refractivity contribution in [2.24, 2.45) is 5.92 Å². The third-order valence-electron chi connectivity index (χ3n) is 4.43. The predicted molar refractivity (Wildman–Crippen MR) is 69.6 cm³/mol. The highest BCUT2D eigenvalue weighted by Crippen LogP contribution is 2.26. The Morgan fingerprint density at radius 2 is 1.75 bits per heavy atom. The molecule has 0 unspecified atom stereocenters. The van der Waals surface area contributed by atoms with Crippen molar-refractivity contribution < 1.29 is 5.11 Å². The first kappa shape index (κ1) is 14.0. The topological polar surface area (TPSA) is 32.3 Å². The van der Waals surface area contributed by atoms with Crippen molar-refractivity contribution in [2.45, 2.75) is 77.4 Å². The summed E-state index contributed by atoms with van der Waals surface area (Å²) in [7, 11) is 0. The molecule has 0 heterocycles. The van der Waals surface area contributed by atoms with E-state index in [-0.39, 0.29) is 0 Å². The minimum absolute atomic E-state index is 0.497. The van der Waals surface area contributed by atoms with E-state index in [9.17, 15) is 5.11 Å². The molecule has 0 aromatic carbocycles. The van der Waals surface area contributed by atoms with E-state index in [0.717, 1.165) is 25.3 Å². The van der Waals surface area contributed by atoms with Gasteiger partial charge in [0.05, 0.1) is 5.60 Å². The molecule has 1 atom stereocenters. The Kier molecular flexibility index (Phi) is 5.77. The van der Waals surface area contributed by atoms with Gasteiger partial charge in [-0.15, -0.1) is 0 Å². The first-order valence-electron chi connectivity index (χ1n) is 7.07. The molecule has 16 heavy (non-hydrogen) atoms. The zero-order valence-electron chi connectivity index (χ0n) is 11.3. The van der Waals surface area contributed by atoms with Crippen LogP contribution in [0.5, 0.6) is 0 Å². The summed E-state index contributed by atoms with van der Waals surface area (Å²) >= 11 is 0. The van der Waals surface area contributed by atoms with Crippen LogP contribution in [0.25, 0.3) is 0 Å². The molecule has 1 rings (SSSR count). The van der Waals surface area contributed by atoms with Crippen molar-refractivity contribution in [3.05, 3.63) is 0 Å². The van der Waals surface area contributed by atoms with E-state index in [1.54, 1.807) is 0 Å². The van der Waals surface area contributed by atoms with Crippen LogP contribution >= 0.6 is 0 Å². The van der Waals surface area contributed by atoms with Crippen molar-refractivity contribution in [3.8, 4) is 0 Å². The van der Waals surface area contributed by atoms with Gasteiger partial charge in [-0.2, -0.15) is 0 Å². The minimum atomic E-state index is -0.497. The molecular weight excluding hydrogens is 198 g/mol. The highest BCUT2D eigenvalue weighted by Gasteiger charge is 2.25. The lowest BCUT2D eigenvalue weighted by molar-refractivity contribution is 0.0277. The second kappa shape index (κ2) is 6.61. The molecule has 2 N–H and O–H groups in total. The maximum atomic E-state index is 10.2. The van der Waals surface area contributed by atoms with Crippen molar-refractivity contribution in [2.75, 3.05) is 6.54 Å². The van der Waals surface area contributed by atoms with E-state index in [0.29, 0.717) is 6.04 Å². The van der Waals surface area contributed by atoms with Gasteiger partial charge < -0.3 is 10.4 Å². The van der Waals surface area contributed by atoms with Crippen LogP contribution in [0.3, 0.4) is 0 Å². The zero-order valence-corrected chi connectivity index (χ0v) is 11.3. The van der Waals surface area contributed by atoms with Gasteiger partial charge in [0.2, 0.25) is 0 Å². The van der Waals surface area contributed by atoms with Gasteiger partial charge in [-0.3, -0.25) is 0 Å². The van der Waals surface area contributed by atoms with Gasteiger partial charge in [0.25, 0.3) is 0 Å². The van der Waals surface area contributed by atoms with E-state index < -0.39 is 5.60 Å². The van der Waals surface area contributed by atoms with Crippen LogP contribution in [0, 0.1) is 5.92 Å². The molecule has 1 aliphatic carbocycles. The normalized spacial score (nSPS) is 21.0. The summed E-state index contributed by atoms with van der Waals surface area (Å²) in [5.41, 5.74) is -0.497. The van der Waals surface area contributed by atoms with Gasteiger partial charge in [-0.25, -0.2) is 0 Å². The average Bonchev–Trinajstić information content (AvgIpc) is 2.36. The standard InChI is InChI=1S/C14H29NO/c1-4-14(16,5-2)11-15-12(3)13-9-7-6-8-10-13/h12-13,15-16H,4-11H2,1-3H3/t12-/m0/s1. The second-order valence-electron chi connectivity index (χ2n) is 5.50. The first-order valence-corrected chi connectivity index (χ1v) is 7.07. The molecule has 0 aliphatic heterocycles. The Morgan fingerprint density at radius 1 is 1.19 bits per heavy atom. The summed E-state index contributed by atoms with van der Waals surface area (Å²) in [6.07, 6.45) is 8.61. The highest BCUT2D eigenvalue weighted by atomic mass is 16.3.